The van der Waals surface area contributed by atoms with E-state index in [1.54, 1.807) is 6.07 Å². The predicted octanol–water partition coefficient (Wildman–Crippen LogP) is 5.89. The summed E-state index contributed by atoms with van der Waals surface area (Å²) in [7, 11) is 0. The van der Waals surface area contributed by atoms with Crippen LogP contribution in [0.5, 0.6) is 5.75 Å². The topological polar surface area (TPSA) is 69.0 Å². The molecule has 0 aliphatic heterocycles. The maximum atomic E-state index is 13.7. The van der Waals surface area contributed by atoms with Gasteiger partial charge in [-0.25, -0.2) is 0 Å². The third kappa shape index (κ3) is 6.31. The van der Waals surface area contributed by atoms with Gasteiger partial charge in [0, 0.05) is 17.5 Å². The zero-order valence-electron chi connectivity index (χ0n) is 21.8. The molecule has 6 nitrogen and oxygen atoms in total. The quantitative estimate of drug-likeness (QED) is 0.238. The lowest BCUT2D eigenvalue weighted by molar-refractivity contribution is -0.147. The molecule has 3 aromatic rings. The minimum Gasteiger partial charge on any atom is -0.492 e. The van der Waals surface area contributed by atoms with Crippen LogP contribution in [0.2, 0.25) is 0 Å². The number of hydrogen-bond acceptors (Lipinski definition) is 6. The number of likely N-dealkylation sites (N-methyl/N-ethyl adjacent to an activating group) is 1. The highest BCUT2D eigenvalue weighted by Gasteiger charge is 2.25. The number of carbonyl (C=O) groups is 2. The lowest BCUT2D eigenvalue weighted by Crippen LogP contribution is -2.28. The number of aryl methyl sites for hydroxylation is 2. The summed E-state index contributed by atoms with van der Waals surface area (Å²) in [5.74, 6) is 0.557. The SMILES string of the molecule is CC[C@@H](C)OC(=O)Cc1oc2ccccc2c1C(=O)c1cc(C)c(OCCN(CC)CC)c(C)c1. The Hall–Kier alpha value is -3.12. The molecule has 0 saturated carbocycles. The summed E-state index contributed by atoms with van der Waals surface area (Å²) >= 11 is 0. The molecule has 2 aromatic carbocycles. The molecule has 35 heavy (non-hydrogen) atoms. The van der Waals surface area contributed by atoms with Crippen LogP contribution in [0.15, 0.2) is 40.8 Å². The van der Waals surface area contributed by atoms with Crippen LogP contribution in [-0.2, 0) is 16.0 Å². The van der Waals surface area contributed by atoms with Crippen LogP contribution >= 0.6 is 0 Å². The van der Waals surface area contributed by atoms with Gasteiger partial charge in [0.25, 0.3) is 0 Å². The highest BCUT2D eigenvalue weighted by molar-refractivity contribution is 6.17. The number of nitrogens with zero attached hydrogens (tertiary/aromatic N) is 1. The van der Waals surface area contributed by atoms with Gasteiger partial charge in [-0.15, -0.1) is 0 Å². The van der Waals surface area contributed by atoms with Crippen molar-refractivity contribution < 1.29 is 23.5 Å². The Balaban J connectivity index is 1.90. The maximum Gasteiger partial charge on any atom is 0.313 e. The van der Waals surface area contributed by atoms with Gasteiger partial charge in [-0.3, -0.25) is 9.59 Å². The first-order chi connectivity index (χ1) is 16.8. The zero-order chi connectivity index (χ0) is 25.5. The molecule has 0 saturated heterocycles. The Kier molecular flexibility index (Phi) is 9.10. The van der Waals surface area contributed by atoms with Crippen molar-refractivity contribution in [3.63, 3.8) is 0 Å². The number of carbonyl (C=O) groups excluding carboxylic acids is 2. The van der Waals surface area contributed by atoms with Crippen molar-refractivity contribution >= 4 is 22.7 Å². The highest BCUT2D eigenvalue weighted by atomic mass is 16.5. The van der Waals surface area contributed by atoms with Crippen LogP contribution in [0.3, 0.4) is 0 Å². The Labute approximate surface area is 208 Å². The number of para-hydroxylation sites is 1. The van der Waals surface area contributed by atoms with Crippen molar-refractivity contribution in [2.24, 2.45) is 0 Å². The van der Waals surface area contributed by atoms with Gasteiger partial charge >= 0.3 is 5.97 Å². The van der Waals surface area contributed by atoms with Crippen LogP contribution in [0, 0.1) is 13.8 Å². The summed E-state index contributed by atoms with van der Waals surface area (Å²) in [6, 6.07) is 11.1. The molecule has 1 aromatic heterocycles. The third-order valence-electron chi connectivity index (χ3n) is 6.38. The van der Waals surface area contributed by atoms with E-state index in [2.05, 4.69) is 18.7 Å². The van der Waals surface area contributed by atoms with Crippen molar-refractivity contribution in [2.45, 2.75) is 60.5 Å². The van der Waals surface area contributed by atoms with E-state index in [1.807, 2.05) is 58.0 Å². The summed E-state index contributed by atoms with van der Waals surface area (Å²) in [6.07, 6.45) is 0.440. The Morgan fingerprint density at radius 3 is 2.31 bits per heavy atom. The number of fused-ring (bicyclic) bond motifs is 1. The highest BCUT2D eigenvalue weighted by Crippen LogP contribution is 2.31. The molecule has 0 unspecified atom stereocenters. The van der Waals surface area contributed by atoms with E-state index < -0.39 is 5.97 Å². The Bertz CT molecular complexity index is 1150. The van der Waals surface area contributed by atoms with Gasteiger partial charge in [0.15, 0.2) is 5.78 Å². The molecule has 0 radical (unpaired) electrons. The fraction of sp³-hybridized carbons (Fsp3) is 0.448. The van der Waals surface area contributed by atoms with E-state index in [4.69, 9.17) is 13.9 Å². The first kappa shape index (κ1) is 26.5. The standard InChI is InChI=1S/C29H37NO5/c1-7-21(6)34-26(31)18-25-27(23-12-10-11-13-24(23)35-25)28(32)22-16-19(4)29(20(5)17-22)33-15-14-30(8-2)9-3/h10-13,16-17,21H,7-9,14-15,18H2,1-6H3/t21-/m1/s1. The largest absolute Gasteiger partial charge is 0.492 e. The van der Waals surface area contributed by atoms with E-state index in [9.17, 15) is 9.59 Å². The molecule has 0 aliphatic rings. The monoisotopic (exact) mass is 479 g/mol. The van der Waals surface area contributed by atoms with E-state index in [1.165, 1.54) is 0 Å². The predicted molar refractivity (Wildman–Crippen MR) is 138 cm³/mol. The van der Waals surface area contributed by atoms with Crippen LogP contribution in [-0.4, -0.2) is 49.0 Å². The molecule has 6 heteroatoms. The zero-order valence-corrected chi connectivity index (χ0v) is 21.8. The second kappa shape index (κ2) is 12.0. The van der Waals surface area contributed by atoms with E-state index in [0.717, 1.165) is 42.9 Å². The molecule has 188 valence electrons. The lowest BCUT2D eigenvalue weighted by atomic mass is 9.96. The van der Waals surface area contributed by atoms with Gasteiger partial charge in [0.2, 0.25) is 0 Å². The van der Waals surface area contributed by atoms with E-state index in [0.29, 0.717) is 34.5 Å². The molecule has 0 fully saturated rings. The van der Waals surface area contributed by atoms with Gasteiger partial charge in [0.1, 0.15) is 30.1 Å². The first-order valence-corrected chi connectivity index (χ1v) is 12.5. The molecule has 0 amide bonds. The normalized spacial score (nSPS) is 12.2. The molecule has 1 atom stereocenters. The van der Waals surface area contributed by atoms with Crippen LogP contribution in [0.4, 0.5) is 0 Å². The molecule has 0 spiro atoms. The smallest absolute Gasteiger partial charge is 0.313 e. The van der Waals surface area contributed by atoms with E-state index in [-0.39, 0.29) is 18.3 Å². The van der Waals surface area contributed by atoms with Gasteiger partial charge in [-0.2, -0.15) is 0 Å². The summed E-state index contributed by atoms with van der Waals surface area (Å²) in [4.78, 5) is 28.5. The van der Waals surface area contributed by atoms with Gasteiger partial charge in [0.05, 0.1) is 11.7 Å². The summed E-state index contributed by atoms with van der Waals surface area (Å²) < 4.78 is 17.5. The molecule has 1 heterocycles. The summed E-state index contributed by atoms with van der Waals surface area (Å²) in [5, 5.41) is 0.693. The van der Waals surface area contributed by atoms with Crippen LogP contribution in [0.1, 0.15) is 66.9 Å². The van der Waals surface area contributed by atoms with Gasteiger partial charge in [-0.05, 0) is 69.6 Å². The second-order valence-electron chi connectivity index (χ2n) is 8.93. The number of hydrogen-bond donors (Lipinski definition) is 0. The van der Waals surface area contributed by atoms with Crippen LogP contribution in [0.25, 0.3) is 11.0 Å². The van der Waals surface area contributed by atoms with Gasteiger partial charge in [-0.1, -0.05) is 39.0 Å². The maximum absolute atomic E-state index is 13.7. The van der Waals surface area contributed by atoms with Crippen LogP contribution < -0.4 is 4.74 Å². The molecule has 3 rings (SSSR count). The number of benzene rings is 2. The lowest BCUT2D eigenvalue weighted by Gasteiger charge is -2.19. The van der Waals surface area contributed by atoms with Crippen molar-refractivity contribution in [2.75, 3.05) is 26.2 Å². The van der Waals surface area contributed by atoms with Crippen molar-refractivity contribution in [1.82, 2.24) is 4.90 Å². The average Bonchev–Trinajstić information content (AvgIpc) is 3.19. The first-order valence-electron chi connectivity index (χ1n) is 12.5. The Morgan fingerprint density at radius 2 is 1.69 bits per heavy atom. The molecular formula is C29H37NO5. The second-order valence-corrected chi connectivity index (χ2v) is 8.93. The van der Waals surface area contributed by atoms with Crippen molar-refractivity contribution in [1.29, 1.82) is 0 Å². The minimum atomic E-state index is -0.406. The van der Waals surface area contributed by atoms with Gasteiger partial charge < -0.3 is 18.8 Å². The van der Waals surface area contributed by atoms with E-state index >= 15 is 0 Å². The molecule has 0 bridgehead atoms. The minimum absolute atomic E-state index is 0.0926. The number of furan rings is 1. The third-order valence-corrected chi connectivity index (χ3v) is 6.38. The molecular weight excluding hydrogens is 442 g/mol. The Morgan fingerprint density at radius 1 is 1.03 bits per heavy atom. The van der Waals surface area contributed by atoms with Crippen molar-refractivity contribution in [3.8, 4) is 5.75 Å². The number of ether oxygens (including phenoxy) is 2. The molecule has 0 aliphatic carbocycles. The fourth-order valence-electron chi connectivity index (χ4n) is 4.22. The fourth-order valence-corrected chi connectivity index (χ4v) is 4.22. The summed E-state index contributed by atoms with van der Waals surface area (Å²) in [6.45, 7) is 15.4. The van der Waals surface area contributed by atoms with Crippen molar-refractivity contribution in [3.05, 3.63) is 64.4 Å². The average molecular weight is 480 g/mol. The number of ketones is 1. The number of esters is 1. The summed E-state index contributed by atoms with van der Waals surface area (Å²) in [5.41, 5.74) is 3.33. The molecule has 0 N–H and O–H groups in total. The number of rotatable bonds is 12.